The number of aryl methyl sites for hydroxylation is 2. The van der Waals surface area contributed by atoms with Crippen LogP contribution in [0, 0.1) is 7.14 Å². The first-order chi connectivity index (χ1) is 5.69. The first-order valence-corrected chi connectivity index (χ1v) is 6.31. The zero-order valence-electron chi connectivity index (χ0n) is 7.32. The summed E-state index contributed by atoms with van der Waals surface area (Å²) in [6.45, 7) is 4.42. The van der Waals surface area contributed by atoms with E-state index in [1.165, 1.54) is 18.3 Å². The van der Waals surface area contributed by atoms with Crippen LogP contribution in [0.4, 0.5) is 0 Å². The van der Waals surface area contributed by atoms with Crippen LogP contribution in [0.1, 0.15) is 25.0 Å². The molecule has 0 saturated carbocycles. The van der Waals surface area contributed by atoms with E-state index in [0.29, 0.717) is 0 Å². The lowest BCUT2D eigenvalue weighted by Crippen LogP contribution is -1.93. The van der Waals surface area contributed by atoms with Crippen LogP contribution in [-0.4, -0.2) is 0 Å². The fourth-order valence-electron chi connectivity index (χ4n) is 1.17. The van der Waals surface area contributed by atoms with Crippen LogP contribution >= 0.6 is 45.2 Å². The molecule has 0 fully saturated rings. The van der Waals surface area contributed by atoms with Crippen molar-refractivity contribution in [3.8, 4) is 0 Å². The number of halogens is 2. The predicted molar refractivity (Wildman–Crippen MR) is 70.6 cm³/mol. The first-order valence-electron chi connectivity index (χ1n) is 4.15. The van der Waals surface area contributed by atoms with E-state index in [4.69, 9.17) is 0 Å². The van der Waals surface area contributed by atoms with Gasteiger partial charge in [0.05, 0.1) is 0 Å². The molecule has 66 valence electrons. The highest BCUT2D eigenvalue weighted by molar-refractivity contribution is 14.1. The van der Waals surface area contributed by atoms with Crippen molar-refractivity contribution in [1.82, 2.24) is 0 Å². The molecular formula is C10H12I2. The van der Waals surface area contributed by atoms with Crippen LogP contribution < -0.4 is 0 Å². The maximum absolute atomic E-state index is 2.42. The number of hydrogen-bond acceptors (Lipinski definition) is 0. The summed E-state index contributed by atoms with van der Waals surface area (Å²) < 4.78 is 2.82. The second-order valence-corrected chi connectivity index (χ2v) is 5.07. The van der Waals surface area contributed by atoms with E-state index in [-0.39, 0.29) is 0 Å². The summed E-state index contributed by atoms with van der Waals surface area (Å²) in [6, 6.07) is 4.61. The maximum Gasteiger partial charge on any atom is 0.0165 e. The highest BCUT2D eigenvalue weighted by atomic mass is 127. The Balaban J connectivity index is 3.16. The zero-order valence-corrected chi connectivity index (χ0v) is 11.6. The first kappa shape index (κ1) is 10.8. The van der Waals surface area contributed by atoms with E-state index >= 15 is 0 Å². The zero-order chi connectivity index (χ0) is 9.14. The third-order valence-corrected chi connectivity index (χ3v) is 3.99. The largest absolute Gasteiger partial charge is 0.0613 e. The Morgan fingerprint density at radius 3 is 1.50 bits per heavy atom. The lowest BCUT2D eigenvalue weighted by Gasteiger charge is -2.06. The van der Waals surface area contributed by atoms with Gasteiger partial charge in [-0.25, -0.2) is 0 Å². The summed E-state index contributed by atoms with van der Waals surface area (Å²) in [4.78, 5) is 0. The molecule has 0 bridgehead atoms. The molecule has 0 spiro atoms. The minimum atomic E-state index is 1.14. The van der Waals surface area contributed by atoms with Crippen molar-refractivity contribution < 1.29 is 0 Å². The Kier molecular flexibility index (Phi) is 4.29. The Labute approximate surface area is 101 Å². The lowest BCUT2D eigenvalue weighted by molar-refractivity contribution is 1.07. The second kappa shape index (κ2) is 4.79. The summed E-state index contributed by atoms with van der Waals surface area (Å²) in [7, 11) is 0. The van der Waals surface area contributed by atoms with Crippen molar-refractivity contribution in [1.29, 1.82) is 0 Å². The Morgan fingerprint density at radius 2 is 1.25 bits per heavy atom. The van der Waals surface area contributed by atoms with Gasteiger partial charge in [-0.2, -0.15) is 0 Å². The van der Waals surface area contributed by atoms with Crippen molar-refractivity contribution >= 4 is 45.2 Å². The minimum absolute atomic E-state index is 1.14. The Bertz CT molecular complexity index is 250. The van der Waals surface area contributed by atoms with Gasteiger partial charge in [0.15, 0.2) is 0 Å². The van der Waals surface area contributed by atoms with Crippen molar-refractivity contribution in [2.75, 3.05) is 0 Å². The van der Waals surface area contributed by atoms with E-state index in [9.17, 15) is 0 Å². The van der Waals surface area contributed by atoms with Crippen molar-refractivity contribution in [2.24, 2.45) is 0 Å². The molecule has 1 aromatic rings. The molecule has 0 N–H and O–H groups in total. The summed E-state index contributed by atoms with van der Waals surface area (Å²) >= 11 is 4.85. The Morgan fingerprint density at radius 1 is 0.917 bits per heavy atom. The average Bonchev–Trinajstić information content (AvgIpc) is 2.08. The third-order valence-electron chi connectivity index (χ3n) is 1.98. The molecule has 2 heteroatoms. The SMILES string of the molecule is CCc1cc(I)c(CC)cc1I. The number of benzene rings is 1. The van der Waals surface area contributed by atoms with E-state index < -0.39 is 0 Å². The standard InChI is InChI=1S/C10H12I2/c1-3-7-5-10(12)8(4-2)6-9(7)11/h5-6H,3-4H2,1-2H3. The van der Waals surface area contributed by atoms with Crippen LogP contribution in [-0.2, 0) is 12.8 Å². The van der Waals surface area contributed by atoms with Gasteiger partial charge in [-0.05, 0) is 81.3 Å². The average molecular weight is 386 g/mol. The molecule has 12 heavy (non-hydrogen) atoms. The van der Waals surface area contributed by atoms with Gasteiger partial charge in [0.2, 0.25) is 0 Å². The molecule has 0 radical (unpaired) electrons. The van der Waals surface area contributed by atoms with E-state index in [1.807, 2.05) is 0 Å². The fourth-order valence-corrected chi connectivity index (χ4v) is 3.00. The summed E-state index contributed by atoms with van der Waals surface area (Å²) in [6.07, 6.45) is 2.27. The summed E-state index contributed by atoms with van der Waals surface area (Å²) in [5.74, 6) is 0. The normalized spacial score (nSPS) is 10.3. The number of rotatable bonds is 2. The molecular weight excluding hydrogens is 374 g/mol. The van der Waals surface area contributed by atoms with Crippen molar-refractivity contribution in [3.63, 3.8) is 0 Å². The van der Waals surface area contributed by atoms with E-state index in [1.54, 1.807) is 0 Å². The third kappa shape index (κ3) is 2.34. The molecule has 0 atom stereocenters. The van der Waals surface area contributed by atoms with E-state index in [0.717, 1.165) is 12.8 Å². The molecule has 0 nitrogen and oxygen atoms in total. The van der Waals surface area contributed by atoms with Gasteiger partial charge >= 0.3 is 0 Å². The fraction of sp³-hybridized carbons (Fsp3) is 0.400. The number of hydrogen-bond donors (Lipinski definition) is 0. The Hall–Kier alpha value is 0.680. The molecule has 0 amide bonds. The van der Waals surface area contributed by atoms with Gasteiger partial charge in [0, 0.05) is 7.14 Å². The lowest BCUT2D eigenvalue weighted by atomic mass is 10.1. The minimum Gasteiger partial charge on any atom is -0.0613 e. The topological polar surface area (TPSA) is 0 Å². The van der Waals surface area contributed by atoms with Crippen molar-refractivity contribution in [3.05, 3.63) is 30.4 Å². The highest BCUT2D eigenvalue weighted by Crippen LogP contribution is 2.21. The molecule has 0 aliphatic carbocycles. The quantitative estimate of drug-likeness (QED) is 0.674. The van der Waals surface area contributed by atoms with E-state index in [2.05, 4.69) is 71.2 Å². The van der Waals surface area contributed by atoms with Gasteiger partial charge in [0.1, 0.15) is 0 Å². The maximum atomic E-state index is 2.42. The van der Waals surface area contributed by atoms with Crippen LogP contribution in [0.2, 0.25) is 0 Å². The van der Waals surface area contributed by atoms with Crippen LogP contribution in [0.15, 0.2) is 12.1 Å². The van der Waals surface area contributed by atoms with Crippen LogP contribution in [0.3, 0.4) is 0 Å². The molecule has 1 rings (SSSR count). The van der Waals surface area contributed by atoms with Crippen LogP contribution in [0.25, 0.3) is 0 Å². The van der Waals surface area contributed by atoms with Gasteiger partial charge in [0.25, 0.3) is 0 Å². The molecule has 0 unspecified atom stereocenters. The van der Waals surface area contributed by atoms with Gasteiger partial charge in [-0.15, -0.1) is 0 Å². The van der Waals surface area contributed by atoms with Crippen LogP contribution in [0.5, 0.6) is 0 Å². The van der Waals surface area contributed by atoms with Gasteiger partial charge in [-0.1, -0.05) is 13.8 Å². The molecule has 0 aliphatic heterocycles. The molecule has 0 aliphatic rings. The van der Waals surface area contributed by atoms with Gasteiger partial charge < -0.3 is 0 Å². The highest BCUT2D eigenvalue weighted by Gasteiger charge is 2.02. The predicted octanol–water partition coefficient (Wildman–Crippen LogP) is 4.02. The smallest absolute Gasteiger partial charge is 0.0165 e. The van der Waals surface area contributed by atoms with Crippen molar-refractivity contribution in [2.45, 2.75) is 26.7 Å². The molecule has 0 heterocycles. The molecule has 1 aromatic carbocycles. The molecule has 0 saturated heterocycles. The van der Waals surface area contributed by atoms with Gasteiger partial charge in [-0.3, -0.25) is 0 Å². The summed E-state index contributed by atoms with van der Waals surface area (Å²) in [5.41, 5.74) is 2.94. The summed E-state index contributed by atoms with van der Waals surface area (Å²) in [5, 5.41) is 0. The second-order valence-electron chi connectivity index (χ2n) is 2.74. The monoisotopic (exact) mass is 386 g/mol. The molecule has 0 aromatic heterocycles.